The van der Waals surface area contributed by atoms with E-state index in [-0.39, 0.29) is 0 Å². The van der Waals surface area contributed by atoms with Crippen LogP contribution in [0.3, 0.4) is 0 Å². The third-order valence-corrected chi connectivity index (χ3v) is 4.96. The fourth-order valence-electron chi connectivity index (χ4n) is 3.38. The molecule has 29 heavy (non-hydrogen) atoms. The Labute approximate surface area is 168 Å². The van der Waals surface area contributed by atoms with Crippen LogP contribution >= 0.6 is 0 Å². The summed E-state index contributed by atoms with van der Waals surface area (Å²) in [5.41, 5.74) is -0.112. The largest absolute Gasteiger partial charge is 0.497 e. The van der Waals surface area contributed by atoms with Crippen molar-refractivity contribution in [2.45, 2.75) is 18.9 Å². The number of carbonyl (C=O) groups excluding carboxylic acids is 3. The van der Waals surface area contributed by atoms with Gasteiger partial charge in [0, 0.05) is 6.07 Å². The van der Waals surface area contributed by atoms with E-state index < -0.39 is 29.9 Å². The molecule has 1 atom stereocenters. The maximum Gasteiger partial charge on any atom is 0.325 e. The Bertz CT molecular complexity index is 931. The van der Waals surface area contributed by atoms with Crippen LogP contribution in [-0.4, -0.2) is 43.5 Å². The van der Waals surface area contributed by atoms with Crippen LogP contribution in [0.1, 0.15) is 18.9 Å². The number of nitrogens with one attached hydrogen (secondary N) is 2. The lowest BCUT2D eigenvalue weighted by Crippen LogP contribution is -2.44. The molecule has 3 rings (SSSR count). The molecule has 2 aromatic carbocycles. The first kappa shape index (κ1) is 20.2. The van der Waals surface area contributed by atoms with E-state index in [1.165, 1.54) is 14.2 Å². The topological polar surface area (TPSA) is 97.0 Å². The molecule has 0 spiro atoms. The molecule has 0 radical (unpaired) electrons. The van der Waals surface area contributed by atoms with Gasteiger partial charge in [-0.25, -0.2) is 4.79 Å². The van der Waals surface area contributed by atoms with Crippen molar-refractivity contribution in [2.24, 2.45) is 0 Å². The zero-order valence-corrected chi connectivity index (χ0v) is 16.5. The Morgan fingerprint density at radius 1 is 1.10 bits per heavy atom. The molecule has 8 nitrogen and oxygen atoms in total. The van der Waals surface area contributed by atoms with Crippen LogP contribution in [0.2, 0.25) is 0 Å². The summed E-state index contributed by atoms with van der Waals surface area (Å²) in [6.07, 6.45) is 0.364. The van der Waals surface area contributed by atoms with Crippen molar-refractivity contribution in [1.82, 2.24) is 10.2 Å². The Kier molecular flexibility index (Phi) is 5.72. The SMILES string of the molecule is CC[C@@]1(c2ccccc2)NC(=O)N(CC(=O)Nc2cc(OC)ccc2OC)C1=O. The first-order valence-corrected chi connectivity index (χ1v) is 9.16. The summed E-state index contributed by atoms with van der Waals surface area (Å²) in [7, 11) is 2.99. The number of rotatable bonds is 7. The molecule has 4 amide bonds. The highest BCUT2D eigenvalue weighted by Crippen LogP contribution is 2.33. The minimum atomic E-state index is -1.17. The van der Waals surface area contributed by atoms with Crippen LogP contribution < -0.4 is 20.1 Å². The molecule has 0 unspecified atom stereocenters. The molecule has 152 valence electrons. The molecule has 2 aromatic rings. The van der Waals surface area contributed by atoms with Crippen LogP contribution in [0.4, 0.5) is 10.5 Å². The van der Waals surface area contributed by atoms with E-state index in [0.717, 1.165) is 4.90 Å². The summed E-state index contributed by atoms with van der Waals surface area (Å²) in [4.78, 5) is 39.1. The Balaban J connectivity index is 1.79. The number of anilines is 1. The molecule has 1 aliphatic heterocycles. The molecule has 0 saturated carbocycles. The number of carbonyl (C=O) groups is 3. The summed E-state index contributed by atoms with van der Waals surface area (Å²) < 4.78 is 10.4. The van der Waals surface area contributed by atoms with Gasteiger partial charge in [-0.15, -0.1) is 0 Å². The number of methoxy groups -OCH3 is 2. The van der Waals surface area contributed by atoms with Gasteiger partial charge in [-0.1, -0.05) is 37.3 Å². The van der Waals surface area contributed by atoms with Gasteiger partial charge < -0.3 is 20.1 Å². The summed E-state index contributed by atoms with van der Waals surface area (Å²) in [6.45, 7) is 1.40. The molecule has 1 aliphatic rings. The highest BCUT2D eigenvalue weighted by atomic mass is 16.5. The number of amides is 4. The summed E-state index contributed by atoms with van der Waals surface area (Å²) >= 11 is 0. The highest BCUT2D eigenvalue weighted by molar-refractivity contribution is 6.10. The third kappa shape index (κ3) is 3.73. The zero-order valence-electron chi connectivity index (χ0n) is 16.5. The molecule has 2 N–H and O–H groups in total. The average molecular weight is 397 g/mol. The first-order valence-electron chi connectivity index (χ1n) is 9.16. The second-order valence-corrected chi connectivity index (χ2v) is 6.56. The molecule has 0 bridgehead atoms. The van der Waals surface area contributed by atoms with Crippen molar-refractivity contribution in [3.63, 3.8) is 0 Å². The molecule has 8 heteroatoms. The smallest absolute Gasteiger partial charge is 0.325 e. The first-order chi connectivity index (χ1) is 13.9. The van der Waals surface area contributed by atoms with Crippen molar-refractivity contribution in [1.29, 1.82) is 0 Å². The quantitative estimate of drug-likeness (QED) is 0.700. The Morgan fingerprint density at radius 3 is 2.45 bits per heavy atom. The molecular weight excluding hydrogens is 374 g/mol. The number of urea groups is 1. The van der Waals surface area contributed by atoms with Gasteiger partial charge in [-0.05, 0) is 24.1 Å². The van der Waals surface area contributed by atoms with E-state index in [1.807, 2.05) is 13.0 Å². The second kappa shape index (κ2) is 8.22. The standard InChI is InChI=1S/C21H23N3O5/c1-4-21(14-8-6-5-7-9-14)19(26)24(20(27)23-21)13-18(25)22-16-12-15(28-2)10-11-17(16)29-3/h5-12H,4,13H2,1-3H3,(H,22,25)(H,23,27)/t21-/m0/s1. The van der Waals surface area contributed by atoms with Gasteiger partial charge in [0.1, 0.15) is 23.6 Å². The lowest BCUT2D eigenvalue weighted by atomic mass is 9.87. The van der Waals surface area contributed by atoms with E-state index in [1.54, 1.807) is 42.5 Å². The van der Waals surface area contributed by atoms with E-state index in [9.17, 15) is 14.4 Å². The molecule has 0 aromatic heterocycles. The average Bonchev–Trinajstić information content (AvgIpc) is 2.99. The third-order valence-electron chi connectivity index (χ3n) is 4.96. The van der Waals surface area contributed by atoms with Gasteiger partial charge in [-0.3, -0.25) is 14.5 Å². The fraction of sp³-hybridized carbons (Fsp3) is 0.286. The predicted octanol–water partition coefficient (Wildman–Crippen LogP) is 2.50. The van der Waals surface area contributed by atoms with Crippen molar-refractivity contribution in [3.05, 3.63) is 54.1 Å². The summed E-state index contributed by atoms with van der Waals surface area (Å²) in [5, 5.41) is 5.43. The summed E-state index contributed by atoms with van der Waals surface area (Å²) in [5.74, 6) is -0.0160. The second-order valence-electron chi connectivity index (χ2n) is 6.56. The van der Waals surface area contributed by atoms with Crippen LogP contribution in [0.5, 0.6) is 11.5 Å². The van der Waals surface area contributed by atoms with Gasteiger partial charge in [0.05, 0.1) is 19.9 Å². The number of hydrogen-bond acceptors (Lipinski definition) is 5. The predicted molar refractivity (Wildman–Crippen MR) is 107 cm³/mol. The van der Waals surface area contributed by atoms with Gasteiger partial charge in [0.25, 0.3) is 5.91 Å². The molecular formula is C21H23N3O5. The van der Waals surface area contributed by atoms with Crippen LogP contribution in [0, 0.1) is 0 Å². The van der Waals surface area contributed by atoms with Gasteiger partial charge in [-0.2, -0.15) is 0 Å². The van der Waals surface area contributed by atoms with E-state index in [2.05, 4.69) is 10.6 Å². The van der Waals surface area contributed by atoms with Crippen molar-refractivity contribution in [3.8, 4) is 11.5 Å². The van der Waals surface area contributed by atoms with Crippen molar-refractivity contribution in [2.75, 3.05) is 26.1 Å². The summed E-state index contributed by atoms with van der Waals surface area (Å²) in [6, 6.07) is 13.4. The van der Waals surface area contributed by atoms with Gasteiger partial charge >= 0.3 is 6.03 Å². The maximum absolute atomic E-state index is 13.1. The van der Waals surface area contributed by atoms with Crippen LogP contribution in [-0.2, 0) is 15.1 Å². The van der Waals surface area contributed by atoms with Gasteiger partial charge in [0.2, 0.25) is 5.91 Å². The molecule has 1 saturated heterocycles. The van der Waals surface area contributed by atoms with E-state index >= 15 is 0 Å². The van der Waals surface area contributed by atoms with Gasteiger partial charge in [0.15, 0.2) is 0 Å². The Morgan fingerprint density at radius 2 is 1.83 bits per heavy atom. The number of benzene rings is 2. The normalized spacial score (nSPS) is 18.4. The van der Waals surface area contributed by atoms with Crippen LogP contribution in [0.15, 0.2) is 48.5 Å². The fourth-order valence-corrected chi connectivity index (χ4v) is 3.38. The molecule has 0 aliphatic carbocycles. The van der Waals surface area contributed by atoms with Crippen molar-refractivity contribution < 1.29 is 23.9 Å². The molecule has 1 heterocycles. The zero-order chi connectivity index (χ0) is 21.0. The lowest BCUT2D eigenvalue weighted by Gasteiger charge is -2.25. The maximum atomic E-state index is 13.1. The number of hydrogen-bond donors (Lipinski definition) is 2. The lowest BCUT2D eigenvalue weighted by molar-refractivity contribution is -0.134. The highest BCUT2D eigenvalue weighted by Gasteiger charge is 2.51. The molecule has 1 fully saturated rings. The monoisotopic (exact) mass is 397 g/mol. The minimum Gasteiger partial charge on any atom is -0.497 e. The van der Waals surface area contributed by atoms with Crippen LogP contribution in [0.25, 0.3) is 0 Å². The number of imide groups is 1. The van der Waals surface area contributed by atoms with E-state index in [4.69, 9.17) is 9.47 Å². The number of nitrogens with zero attached hydrogens (tertiary/aromatic N) is 1. The Hall–Kier alpha value is -3.55. The minimum absolute atomic E-state index is 0.364. The van der Waals surface area contributed by atoms with Crippen molar-refractivity contribution >= 4 is 23.5 Å². The number of ether oxygens (including phenoxy) is 2. The van der Waals surface area contributed by atoms with E-state index in [0.29, 0.717) is 29.2 Å².